The van der Waals surface area contributed by atoms with Crippen LogP contribution in [0.5, 0.6) is 0 Å². The van der Waals surface area contributed by atoms with Gasteiger partial charge in [-0.05, 0) is 26.7 Å². The van der Waals surface area contributed by atoms with Crippen LogP contribution in [0.2, 0.25) is 0 Å². The van der Waals surface area contributed by atoms with Gasteiger partial charge in [0.25, 0.3) is 0 Å². The lowest BCUT2D eigenvalue weighted by molar-refractivity contribution is -0.385. The quantitative estimate of drug-likeness (QED) is 0.468. The summed E-state index contributed by atoms with van der Waals surface area (Å²) in [7, 11) is 0. The Hall–Kier alpha value is -1.96. The molecule has 1 atom stereocenters. The number of aromatic nitrogens is 2. The molecule has 3 N–H and O–H groups in total. The second-order valence-electron chi connectivity index (χ2n) is 4.39. The second-order valence-corrected chi connectivity index (χ2v) is 4.39. The highest BCUT2D eigenvalue weighted by Crippen LogP contribution is 2.34. The second kappa shape index (κ2) is 4.73. The maximum atomic E-state index is 11.2. The van der Waals surface area contributed by atoms with Crippen molar-refractivity contribution in [1.82, 2.24) is 9.97 Å². The van der Waals surface area contributed by atoms with Crippen LogP contribution in [0.1, 0.15) is 25.5 Å². The van der Waals surface area contributed by atoms with Crippen molar-refractivity contribution in [1.29, 1.82) is 0 Å². The summed E-state index contributed by atoms with van der Waals surface area (Å²) in [5.74, 6) is 5.84. The van der Waals surface area contributed by atoms with Crippen LogP contribution in [0.15, 0.2) is 0 Å². The molecule has 8 nitrogen and oxygen atoms in total. The molecule has 0 aromatic carbocycles. The molecule has 1 unspecified atom stereocenters. The zero-order valence-electron chi connectivity index (χ0n) is 10.4. The summed E-state index contributed by atoms with van der Waals surface area (Å²) < 4.78 is 0. The first-order chi connectivity index (χ1) is 8.54. The molecule has 1 aliphatic heterocycles. The number of anilines is 2. The Morgan fingerprint density at radius 2 is 2.28 bits per heavy atom. The molecule has 2 heterocycles. The lowest BCUT2D eigenvalue weighted by atomic mass is 10.2. The molecule has 0 radical (unpaired) electrons. The summed E-state index contributed by atoms with van der Waals surface area (Å²) in [5, 5.41) is 11.2. The number of nitrogens with zero attached hydrogens (tertiary/aromatic N) is 4. The molecule has 1 fully saturated rings. The summed E-state index contributed by atoms with van der Waals surface area (Å²) in [4.78, 5) is 20.8. The topological polar surface area (TPSA) is 110 Å². The molecule has 0 saturated carbocycles. The number of rotatable bonds is 3. The zero-order valence-corrected chi connectivity index (χ0v) is 10.4. The molecule has 1 aliphatic rings. The fraction of sp³-hybridized carbons (Fsp3) is 0.600. The molecule has 18 heavy (non-hydrogen) atoms. The first-order valence-electron chi connectivity index (χ1n) is 5.81. The smallest absolute Gasteiger partial charge is 0.332 e. The summed E-state index contributed by atoms with van der Waals surface area (Å²) in [6, 6.07) is 0.239. The Kier molecular flexibility index (Phi) is 3.28. The zero-order chi connectivity index (χ0) is 13.3. The minimum Gasteiger partial charge on any atom is -0.348 e. The van der Waals surface area contributed by atoms with Crippen molar-refractivity contribution in [3.05, 3.63) is 15.8 Å². The Labute approximate surface area is 104 Å². The Bertz CT molecular complexity index is 478. The van der Waals surface area contributed by atoms with Crippen LogP contribution in [-0.4, -0.2) is 27.5 Å². The number of nitro groups is 1. The molecule has 1 aromatic heterocycles. The summed E-state index contributed by atoms with van der Waals surface area (Å²) in [6.45, 7) is 4.39. The normalized spacial score (nSPS) is 19.1. The van der Waals surface area contributed by atoms with Crippen molar-refractivity contribution in [3.63, 3.8) is 0 Å². The van der Waals surface area contributed by atoms with E-state index >= 15 is 0 Å². The van der Waals surface area contributed by atoms with E-state index in [0.717, 1.165) is 19.4 Å². The maximum Gasteiger partial charge on any atom is 0.332 e. The summed E-state index contributed by atoms with van der Waals surface area (Å²) >= 11 is 0. The predicted octanol–water partition coefficient (Wildman–Crippen LogP) is 0.968. The third-order valence-corrected chi connectivity index (χ3v) is 3.18. The van der Waals surface area contributed by atoms with E-state index in [1.807, 2.05) is 11.8 Å². The molecule has 98 valence electrons. The molecule has 0 bridgehead atoms. The Morgan fingerprint density at radius 3 is 2.78 bits per heavy atom. The van der Waals surface area contributed by atoms with Gasteiger partial charge in [0.1, 0.15) is 5.69 Å². The monoisotopic (exact) mass is 252 g/mol. The van der Waals surface area contributed by atoms with E-state index < -0.39 is 4.92 Å². The first kappa shape index (κ1) is 12.5. The lowest BCUT2D eigenvalue weighted by Crippen LogP contribution is -2.29. The first-order valence-corrected chi connectivity index (χ1v) is 5.81. The summed E-state index contributed by atoms with van der Waals surface area (Å²) in [6.07, 6.45) is 2.01. The largest absolute Gasteiger partial charge is 0.348 e. The van der Waals surface area contributed by atoms with Crippen LogP contribution in [0.4, 0.5) is 17.5 Å². The number of hydrogen-bond donors (Lipinski definition) is 2. The van der Waals surface area contributed by atoms with Crippen LogP contribution in [0, 0.1) is 17.0 Å². The maximum absolute atomic E-state index is 11.2. The molecule has 1 saturated heterocycles. The minimum absolute atomic E-state index is 0.0391. The van der Waals surface area contributed by atoms with Crippen molar-refractivity contribution in [2.45, 2.75) is 32.7 Å². The van der Waals surface area contributed by atoms with Gasteiger partial charge in [0, 0.05) is 12.6 Å². The van der Waals surface area contributed by atoms with Crippen LogP contribution >= 0.6 is 0 Å². The van der Waals surface area contributed by atoms with E-state index in [1.54, 1.807) is 6.92 Å². The van der Waals surface area contributed by atoms with Gasteiger partial charge in [0.2, 0.25) is 11.8 Å². The average Bonchev–Trinajstić information content (AvgIpc) is 2.73. The molecular weight excluding hydrogens is 236 g/mol. The molecule has 0 aliphatic carbocycles. The van der Waals surface area contributed by atoms with E-state index in [0.29, 0.717) is 11.5 Å². The lowest BCUT2D eigenvalue weighted by Gasteiger charge is -2.22. The Balaban J connectivity index is 2.54. The standard InChI is InChI=1S/C10H16N6O2/c1-6-4-3-5-15(6)9-8(16(17)18)7(2)12-10(13-9)14-11/h6H,3-5,11H2,1-2H3,(H,12,13,14). The Morgan fingerprint density at radius 1 is 1.56 bits per heavy atom. The summed E-state index contributed by atoms with van der Waals surface area (Å²) in [5.41, 5.74) is 2.62. The molecule has 0 amide bonds. The van der Waals surface area contributed by atoms with Crippen molar-refractivity contribution < 1.29 is 4.92 Å². The molecule has 2 rings (SSSR count). The van der Waals surface area contributed by atoms with Gasteiger partial charge in [-0.25, -0.2) is 10.8 Å². The molecule has 0 spiro atoms. The highest BCUT2D eigenvalue weighted by molar-refractivity contribution is 5.63. The van der Waals surface area contributed by atoms with Crippen molar-refractivity contribution in [2.24, 2.45) is 5.84 Å². The predicted molar refractivity (Wildman–Crippen MR) is 67.3 cm³/mol. The highest BCUT2D eigenvalue weighted by Gasteiger charge is 2.31. The van der Waals surface area contributed by atoms with Gasteiger partial charge in [0.05, 0.1) is 4.92 Å². The van der Waals surface area contributed by atoms with Gasteiger partial charge in [-0.15, -0.1) is 0 Å². The van der Waals surface area contributed by atoms with Gasteiger partial charge in [0.15, 0.2) is 0 Å². The van der Waals surface area contributed by atoms with Gasteiger partial charge in [-0.1, -0.05) is 0 Å². The van der Waals surface area contributed by atoms with Crippen molar-refractivity contribution in [3.8, 4) is 0 Å². The third-order valence-electron chi connectivity index (χ3n) is 3.18. The number of aryl methyl sites for hydroxylation is 1. The molecule has 1 aromatic rings. The molecule has 8 heteroatoms. The van der Waals surface area contributed by atoms with E-state index in [-0.39, 0.29) is 17.7 Å². The van der Waals surface area contributed by atoms with E-state index in [4.69, 9.17) is 5.84 Å². The van der Waals surface area contributed by atoms with Crippen molar-refractivity contribution >= 4 is 17.5 Å². The van der Waals surface area contributed by atoms with E-state index in [1.165, 1.54) is 0 Å². The van der Waals surface area contributed by atoms with E-state index in [9.17, 15) is 10.1 Å². The minimum atomic E-state index is -0.435. The van der Waals surface area contributed by atoms with Crippen LogP contribution < -0.4 is 16.2 Å². The van der Waals surface area contributed by atoms with Gasteiger partial charge in [-0.2, -0.15) is 4.98 Å². The van der Waals surface area contributed by atoms with Crippen LogP contribution in [-0.2, 0) is 0 Å². The van der Waals surface area contributed by atoms with Crippen molar-refractivity contribution in [2.75, 3.05) is 16.9 Å². The van der Waals surface area contributed by atoms with Crippen LogP contribution in [0.3, 0.4) is 0 Å². The fourth-order valence-electron chi connectivity index (χ4n) is 2.28. The third kappa shape index (κ3) is 2.06. The number of hydrogen-bond acceptors (Lipinski definition) is 7. The number of nitrogens with two attached hydrogens (primary N) is 1. The number of hydrazine groups is 1. The molecular formula is C10H16N6O2. The highest BCUT2D eigenvalue weighted by atomic mass is 16.6. The van der Waals surface area contributed by atoms with Crippen LogP contribution in [0.25, 0.3) is 0 Å². The fourth-order valence-corrected chi connectivity index (χ4v) is 2.28. The average molecular weight is 252 g/mol. The number of nitrogen functional groups attached to an aromatic ring is 1. The SMILES string of the molecule is Cc1nc(NN)nc(N2CCCC2C)c1[N+](=O)[O-]. The van der Waals surface area contributed by atoms with Gasteiger partial charge >= 0.3 is 5.69 Å². The van der Waals surface area contributed by atoms with Gasteiger partial charge in [-0.3, -0.25) is 15.5 Å². The van der Waals surface area contributed by atoms with E-state index in [2.05, 4.69) is 15.4 Å². The van der Waals surface area contributed by atoms with Gasteiger partial charge < -0.3 is 4.90 Å². The number of nitrogens with one attached hydrogen (secondary N) is 1.